The zero-order chi connectivity index (χ0) is 27.1. The van der Waals surface area contributed by atoms with Gasteiger partial charge in [-0.2, -0.15) is 10.5 Å². The molecule has 0 fully saturated rings. The minimum Gasteiger partial charge on any atom is -0.326 e. The third-order valence-electron chi connectivity index (χ3n) is 5.97. The highest BCUT2D eigenvalue weighted by molar-refractivity contribution is 5.95. The number of aromatic nitrogens is 2. The second-order valence-corrected chi connectivity index (χ2v) is 8.87. The maximum Gasteiger partial charge on any atom is 0.331 e. The van der Waals surface area contributed by atoms with Crippen LogP contribution in [0.5, 0.6) is 0 Å². The summed E-state index contributed by atoms with van der Waals surface area (Å²) in [6.07, 6.45) is 0.320. The molecule has 10 heteroatoms. The molecule has 0 aliphatic carbocycles. The average Bonchev–Trinajstić information content (AvgIpc) is 2.84. The highest BCUT2D eigenvalue weighted by Crippen LogP contribution is 2.19. The van der Waals surface area contributed by atoms with Crippen LogP contribution in [0.15, 0.2) is 46.0 Å². The van der Waals surface area contributed by atoms with Gasteiger partial charge in [-0.3, -0.25) is 23.5 Å². The Bertz CT molecular complexity index is 1550. The number of nitrogens with zero attached hydrogens (tertiary/aromatic N) is 4. The van der Waals surface area contributed by atoms with E-state index in [9.17, 15) is 19.2 Å². The Morgan fingerprint density at radius 2 is 1.59 bits per heavy atom. The third-order valence-corrected chi connectivity index (χ3v) is 5.97. The molecule has 1 heterocycles. The van der Waals surface area contributed by atoms with Crippen LogP contribution in [-0.2, 0) is 22.7 Å². The van der Waals surface area contributed by atoms with Crippen LogP contribution in [0.1, 0.15) is 44.2 Å². The number of nitrogens with one attached hydrogen (secondary N) is 2. The molecule has 190 valence electrons. The van der Waals surface area contributed by atoms with E-state index in [4.69, 9.17) is 10.5 Å². The van der Waals surface area contributed by atoms with Gasteiger partial charge < -0.3 is 10.6 Å². The fraction of sp³-hybridized carbons (Fsp3) is 0.333. The molecule has 1 aromatic heterocycles. The van der Waals surface area contributed by atoms with Crippen LogP contribution in [0.3, 0.4) is 0 Å². The van der Waals surface area contributed by atoms with Crippen molar-refractivity contribution < 1.29 is 9.59 Å². The van der Waals surface area contributed by atoms with Gasteiger partial charge in [0.25, 0.3) is 5.56 Å². The Kier molecular flexibility index (Phi) is 8.59. The van der Waals surface area contributed by atoms with Gasteiger partial charge in [-0.15, -0.1) is 0 Å². The molecule has 1 atom stereocenters. The molecular weight excluding hydrogens is 472 g/mol. The number of amides is 2. The van der Waals surface area contributed by atoms with Crippen molar-refractivity contribution in [2.45, 2.75) is 53.1 Å². The molecule has 2 aromatic carbocycles. The standard InChI is InChI=1S/C27H28N6O4/c1-4-32-26(36)22-15-21(8-9-23(22)33(27(32)37)11-5-10-28)31-25(35)13-17(2)12-24(34)30-20-7-6-19(16-29)18(3)14-20/h6-9,14-15,17H,4-5,11-13H2,1-3H3,(H,30,34)(H,31,35). The number of hydrogen-bond donors (Lipinski definition) is 2. The summed E-state index contributed by atoms with van der Waals surface area (Å²) in [4.78, 5) is 50.6. The summed E-state index contributed by atoms with van der Waals surface area (Å²) in [5, 5.41) is 23.8. The van der Waals surface area contributed by atoms with E-state index in [-0.39, 0.29) is 55.5 Å². The fourth-order valence-corrected chi connectivity index (χ4v) is 4.15. The van der Waals surface area contributed by atoms with Crippen molar-refractivity contribution in [2.75, 3.05) is 10.6 Å². The van der Waals surface area contributed by atoms with Crippen LogP contribution >= 0.6 is 0 Å². The average molecular weight is 501 g/mol. The molecule has 1 unspecified atom stereocenters. The lowest BCUT2D eigenvalue weighted by atomic mass is 10.0. The van der Waals surface area contributed by atoms with Crippen LogP contribution in [0.25, 0.3) is 10.9 Å². The predicted molar refractivity (Wildman–Crippen MR) is 140 cm³/mol. The molecular formula is C27H28N6O4. The first-order valence-corrected chi connectivity index (χ1v) is 11.9. The number of benzene rings is 2. The topological polar surface area (TPSA) is 150 Å². The number of hydrogen-bond acceptors (Lipinski definition) is 6. The van der Waals surface area contributed by atoms with Crippen molar-refractivity contribution in [3.8, 4) is 12.1 Å². The van der Waals surface area contributed by atoms with Crippen molar-refractivity contribution in [1.29, 1.82) is 10.5 Å². The molecule has 0 aliphatic heterocycles. The smallest absolute Gasteiger partial charge is 0.326 e. The predicted octanol–water partition coefficient (Wildman–Crippen LogP) is 3.27. The van der Waals surface area contributed by atoms with E-state index in [1.165, 1.54) is 10.6 Å². The number of carbonyl (C=O) groups excluding carboxylic acids is 2. The Morgan fingerprint density at radius 3 is 2.16 bits per heavy atom. The molecule has 0 aliphatic rings. The van der Waals surface area contributed by atoms with E-state index in [0.717, 1.165) is 10.1 Å². The van der Waals surface area contributed by atoms with Crippen LogP contribution in [0, 0.1) is 35.5 Å². The highest BCUT2D eigenvalue weighted by atomic mass is 16.2. The number of anilines is 2. The van der Waals surface area contributed by atoms with E-state index >= 15 is 0 Å². The van der Waals surface area contributed by atoms with Gasteiger partial charge in [0.15, 0.2) is 0 Å². The fourth-order valence-electron chi connectivity index (χ4n) is 4.15. The molecule has 0 bridgehead atoms. The number of rotatable bonds is 9. The number of fused-ring (bicyclic) bond motifs is 1. The van der Waals surface area contributed by atoms with E-state index in [0.29, 0.717) is 22.5 Å². The lowest BCUT2D eigenvalue weighted by Gasteiger charge is -2.14. The van der Waals surface area contributed by atoms with Crippen molar-refractivity contribution in [3.63, 3.8) is 0 Å². The first-order valence-electron chi connectivity index (χ1n) is 11.9. The van der Waals surface area contributed by atoms with Gasteiger partial charge in [-0.05, 0) is 61.7 Å². The zero-order valence-electron chi connectivity index (χ0n) is 21.0. The molecule has 3 aromatic rings. The lowest BCUT2D eigenvalue weighted by molar-refractivity contribution is -0.118. The quantitative estimate of drug-likeness (QED) is 0.460. The van der Waals surface area contributed by atoms with E-state index < -0.39 is 11.2 Å². The van der Waals surface area contributed by atoms with E-state index in [2.05, 4.69) is 16.7 Å². The minimum atomic E-state index is -0.477. The van der Waals surface area contributed by atoms with Crippen molar-refractivity contribution >= 4 is 34.1 Å². The molecule has 0 saturated carbocycles. The zero-order valence-corrected chi connectivity index (χ0v) is 21.0. The number of carbonyl (C=O) groups is 2. The van der Waals surface area contributed by atoms with Gasteiger partial charge in [0.1, 0.15) is 0 Å². The van der Waals surface area contributed by atoms with E-state index in [1.807, 2.05) is 6.07 Å². The molecule has 10 nitrogen and oxygen atoms in total. The summed E-state index contributed by atoms with van der Waals surface area (Å²) < 4.78 is 2.49. The van der Waals surface area contributed by atoms with Gasteiger partial charge in [0.05, 0.1) is 35.0 Å². The Hall–Kier alpha value is -4.70. The third kappa shape index (κ3) is 6.30. The maximum atomic E-state index is 12.9. The molecule has 2 N–H and O–H groups in total. The van der Waals surface area contributed by atoms with Crippen LogP contribution in [0.4, 0.5) is 11.4 Å². The molecule has 0 radical (unpaired) electrons. The summed E-state index contributed by atoms with van der Waals surface area (Å²) in [5.41, 5.74) is 1.74. The van der Waals surface area contributed by atoms with Crippen molar-refractivity contribution in [2.24, 2.45) is 5.92 Å². The molecule has 2 amide bonds. The second-order valence-electron chi connectivity index (χ2n) is 8.87. The molecule has 0 spiro atoms. The van der Waals surface area contributed by atoms with Crippen LogP contribution in [-0.4, -0.2) is 20.9 Å². The summed E-state index contributed by atoms with van der Waals surface area (Å²) in [6, 6.07) is 13.8. The minimum absolute atomic E-state index is 0.0821. The monoisotopic (exact) mass is 500 g/mol. The van der Waals surface area contributed by atoms with Crippen LogP contribution < -0.4 is 21.9 Å². The summed E-state index contributed by atoms with van der Waals surface area (Å²) in [5.74, 6) is -0.818. The van der Waals surface area contributed by atoms with Gasteiger partial charge in [0, 0.05) is 37.3 Å². The normalized spacial score (nSPS) is 11.4. The lowest BCUT2D eigenvalue weighted by Crippen LogP contribution is -2.39. The molecule has 0 saturated heterocycles. The summed E-state index contributed by atoms with van der Waals surface area (Å²) in [6.45, 7) is 5.60. The highest BCUT2D eigenvalue weighted by Gasteiger charge is 2.16. The van der Waals surface area contributed by atoms with Gasteiger partial charge >= 0.3 is 5.69 Å². The van der Waals surface area contributed by atoms with Crippen LogP contribution in [0.2, 0.25) is 0 Å². The van der Waals surface area contributed by atoms with Gasteiger partial charge in [-0.25, -0.2) is 4.79 Å². The largest absolute Gasteiger partial charge is 0.331 e. The molecule has 37 heavy (non-hydrogen) atoms. The first kappa shape index (κ1) is 26.9. The number of aryl methyl sites for hydroxylation is 2. The summed E-state index contributed by atoms with van der Waals surface area (Å²) >= 11 is 0. The summed E-state index contributed by atoms with van der Waals surface area (Å²) in [7, 11) is 0. The Balaban J connectivity index is 1.69. The Morgan fingerprint density at radius 1 is 0.973 bits per heavy atom. The van der Waals surface area contributed by atoms with Gasteiger partial charge in [-0.1, -0.05) is 6.92 Å². The van der Waals surface area contributed by atoms with Crippen molar-refractivity contribution in [1.82, 2.24) is 9.13 Å². The first-order chi connectivity index (χ1) is 17.7. The Labute approximate surface area is 213 Å². The van der Waals surface area contributed by atoms with Gasteiger partial charge in [0.2, 0.25) is 11.8 Å². The molecule has 3 rings (SSSR count). The van der Waals surface area contributed by atoms with E-state index in [1.54, 1.807) is 51.1 Å². The van der Waals surface area contributed by atoms with Crippen molar-refractivity contribution in [3.05, 3.63) is 68.4 Å². The maximum absolute atomic E-state index is 12.9. The second kappa shape index (κ2) is 11.8. The SMILES string of the molecule is CCn1c(=O)c2cc(NC(=O)CC(C)CC(=O)Nc3ccc(C#N)c(C)c3)ccc2n(CCC#N)c1=O. The number of nitriles is 2.